The third kappa shape index (κ3) is 3.32. The first kappa shape index (κ1) is 15.3. The van der Waals surface area contributed by atoms with Gasteiger partial charge in [-0.05, 0) is 48.2 Å². The van der Waals surface area contributed by atoms with Gasteiger partial charge < -0.3 is 5.73 Å². The Labute approximate surface area is 128 Å². The lowest BCUT2D eigenvalue weighted by Gasteiger charge is -2.29. The number of rotatable bonds is 4. The van der Waals surface area contributed by atoms with Crippen LogP contribution in [0.15, 0.2) is 42.5 Å². The fourth-order valence-electron chi connectivity index (χ4n) is 2.24. The summed E-state index contributed by atoms with van der Waals surface area (Å²) in [6.45, 7) is 1.99. The molecule has 0 heterocycles. The van der Waals surface area contributed by atoms with Crippen molar-refractivity contribution < 1.29 is 4.39 Å². The molecule has 0 saturated heterocycles. The van der Waals surface area contributed by atoms with Crippen LogP contribution in [0.5, 0.6) is 0 Å². The molecule has 0 bridgehead atoms. The molecule has 0 saturated carbocycles. The Bertz CT molecular complexity index is 615. The highest BCUT2D eigenvalue weighted by atomic mass is 35.5. The van der Waals surface area contributed by atoms with Crippen LogP contribution < -0.4 is 5.73 Å². The van der Waals surface area contributed by atoms with Crippen molar-refractivity contribution in [2.75, 3.05) is 0 Å². The zero-order valence-corrected chi connectivity index (χ0v) is 12.7. The molecule has 1 atom stereocenters. The molecule has 106 valence electrons. The highest BCUT2D eigenvalue weighted by Crippen LogP contribution is 2.30. The quantitative estimate of drug-likeness (QED) is 0.850. The van der Waals surface area contributed by atoms with Crippen molar-refractivity contribution >= 4 is 23.2 Å². The van der Waals surface area contributed by atoms with Gasteiger partial charge in [-0.2, -0.15) is 0 Å². The minimum atomic E-state index is -0.626. The summed E-state index contributed by atoms with van der Waals surface area (Å²) in [7, 11) is 0. The van der Waals surface area contributed by atoms with Crippen LogP contribution in [0.1, 0.15) is 24.5 Å². The normalized spacial score (nSPS) is 14.1. The van der Waals surface area contributed by atoms with Crippen LogP contribution in [0.25, 0.3) is 0 Å². The summed E-state index contributed by atoms with van der Waals surface area (Å²) in [5, 5.41) is 1.02. The maximum Gasteiger partial charge on any atom is 0.123 e. The van der Waals surface area contributed by atoms with E-state index in [0.29, 0.717) is 22.9 Å². The third-order valence-corrected chi connectivity index (χ3v) is 4.27. The van der Waals surface area contributed by atoms with E-state index in [1.165, 1.54) is 12.1 Å². The summed E-state index contributed by atoms with van der Waals surface area (Å²) in [5.74, 6) is -0.278. The second-order valence-electron chi connectivity index (χ2n) is 4.95. The molecular weight excluding hydrogens is 296 g/mol. The van der Waals surface area contributed by atoms with Gasteiger partial charge in [-0.25, -0.2) is 4.39 Å². The number of nitrogens with two attached hydrogens (primary N) is 1. The Morgan fingerprint density at radius 2 is 1.85 bits per heavy atom. The Morgan fingerprint density at radius 1 is 1.10 bits per heavy atom. The van der Waals surface area contributed by atoms with Gasteiger partial charge in [0.2, 0.25) is 0 Å². The van der Waals surface area contributed by atoms with E-state index in [9.17, 15) is 4.39 Å². The van der Waals surface area contributed by atoms with Gasteiger partial charge in [0.15, 0.2) is 0 Å². The maximum absolute atomic E-state index is 13.4. The van der Waals surface area contributed by atoms with Crippen LogP contribution in [0.4, 0.5) is 4.39 Å². The van der Waals surface area contributed by atoms with Crippen molar-refractivity contribution in [3.63, 3.8) is 0 Å². The van der Waals surface area contributed by atoms with Crippen LogP contribution in [-0.2, 0) is 12.0 Å². The molecule has 0 amide bonds. The number of hydrogen-bond donors (Lipinski definition) is 1. The SMILES string of the molecule is CCC(N)(Cc1ccc(Cl)c(Cl)c1)c1cccc(F)c1. The van der Waals surface area contributed by atoms with Crippen molar-refractivity contribution in [1.82, 2.24) is 0 Å². The Balaban J connectivity index is 2.33. The van der Waals surface area contributed by atoms with Crippen molar-refractivity contribution in [3.8, 4) is 0 Å². The topological polar surface area (TPSA) is 26.0 Å². The maximum atomic E-state index is 13.4. The van der Waals surface area contributed by atoms with Gasteiger partial charge in [-0.3, -0.25) is 0 Å². The Kier molecular flexibility index (Phi) is 4.69. The highest BCUT2D eigenvalue weighted by molar-refractivity contribution is 6.42. The average molecular weight is 312 g/mol. The molecule has 2 rings (SSSR count). The van der Waals surface area contributed by atoms with Gasteiger partial charge in [0.25, 0.3) is 0 Å². The largest absolute Gasteiger partial charge is 0.321 e. The van der Waals surface area contributed by atoms with Crippen molar-refractivity contribution in [1.29, 1.82) is 0 Å². The van der Waals surface area contributed by atoms with E-state index < -0.39 is 5.54 Å². The zero-order chi connectivity index (χ0) is 14.8. The number of benzene rings is 2. The fourth-order valence-corrected chi connectivity index (χ4v) is 2.56. The van der Waals surface area contributed by atoms with Crippen LogP contribution in [0.2, 0.25) is 10.0 Å². The summed E-state index contributed by atoms with van der Waals surface area (Å²) in [4.78, 5) is 0. The van der Waals surface area contributed by atoms with Crippen LogP contribution in [-0.4, -0.2) is 0 Å². The first-order valence-electron chi connectivity index (χ1n) is 6.43. The number of halogens is 3. The molecule has 4 heteroatoms. The van der Waals surface area contributed by atoms with E-state index in [1.54, 1.807) is 18.2 Å². The van der Waals surface area contributed by atoms with Gasteiger partial charge in [-0.15, -0.1) is 0 Å². The molecule has 0 spiro atoms. The molecule has 1 nitrogen and oxygen atoms in total. The highest BCUT2D eigenvalue weighted by Gasteiger charge is 2.26. The molecule has 0 aliphatic rings. The third-order valence-electron chi connectivity index (χ3n) is 3.53. The predicted molar refractivity (Wildman–Crippen MR) is 82.7 cm³/mol. The number of hydrogen-bond acceptors (Lipinski definition) is 1. The fraction of sp³-hybridized carbons (Fsp3) is 0.250. The summed E-state index contributed by atoms with van der Waals surface area (Å²) < 4.78 is 13.4. The second kappa shape index (κ2) is 6.13. The van der Waals surface area contributed by atoms with Gasteiger partial charge in [0.05, 0.1) is 10.0 Å². The second-order valence-corrected chi connectivity index (χ2v) is 5.76. The summed E-state index contributed by atoms with van der Waals surface area (Å²) in [6.07, 6.45) is 1.26. The van der Waals surface area contributed by atoms with E-state index >= 15 is 0 Å². The zero-order valence-electron chi connectivity index (χ0n) is 11.2. The van der Waals surface area contributed by atoms with Gasteiger partial charge in [0.1, 0.15) is 5.82 Å². The van der Waals surface area contributed by atoms with Crippen molar-refractivity contribution in [2.24, 2.45) is 5.73 Å². The van der Waals surface area contributed by atoms with Crippen molar-refractivity contribution in [2.45, 2.75) is 25.3 Å². The van der Waals surface area contributed by atoms with E-state index in [1.807, 2.05) is 19.1 Å². The average Bonchev–Trinajstić information content (AvgIpc) is 2.43. The lowest BCUT2D eigenvalue weighted by atomic mass is 9.82. The molecular formula is C16H16Cl2FN. The predicted octanol–water partition coefficient (Wildman–Crippen LogP) is 4.94. The van der Waals surface area contributed by atoms with Crippen LogP contribution in [0.3, 0.4) is 0 Å². The van der Waals surface area contributed by atoms with Gasteiger partial charge in [-0.1, -0.05) is 48.3 Å². The molecule has 0 radical (unpaired) electrons. The first-order valence-corrected chi connectivity index (χ1v) is 7.19. The molecule has 2 aromatic carbocycles. The standard InChI is InChI=1S/C16H16Cl2FN/c1-2-16(20,12-4-3-5-13(19)9-12)10-11-6-7-14(17)15(18)8-11/h3-9H,2,10,20H2,1H3. The van der Waals surface area contributed by atoms with E-state index in [0.717, 1.165) is 11.1 Å². The minimum absolute atomic E-state index is 0.278. The van der Waals surface area contributed by atoms with E-state index in [2.05, 4.69) is 0 Å². The molecule has 0 aliphatic carbocycles. The van der Waals surface area contributed by atoms with Crippen molar-refractivity contribution in [3.05, 3.63) is 69.5 Å². The summed E-state index contributed by atoms with van der Waals surface area (Å²) in [6, 6.07) is 11.9. The Morgan fingerprint density at radius 3 is 2.45 bits per heavy atom. The first-order chi connectivity index (χ1) is 9.44. The summed E-state index contributed by atoms with van der Waals surface area (Å²) >= 11 is 11.9. The van der Waals surface area contributed by atoms with E-state index in [4.69, 9.17) is 28.9 Å². The lowest BCUT2D eigenvalue weighted by molar-refractivity contribution is 0.422. The Hall–Kier alpha value is -1.09. The monoisotopic (exact) mass is 311 g/mol. The molecule has 2 N–H and O–H groups in total. The van der Waals surface area contributed by atoms with Gasteiger partial charge >= 0.3 is 0 Å². The molecule has 1 unspecified atom stereocenters. The minimum Gasteiger partial charge on any atom is -0.321 e. The van der Waals surface area contributed by atoms with Crippen LogP contribution >= 0.6 is 23.2 Å². The molecule has 0 fully saturated rings. The molecule has 0 aromatic heterocycles. The van der Waals surface area contributed by atoms with Crippen LogP contribution in [0, 0.1) is 5.82 Å². The smallest absolute Gasteiger partial charge is 0.123 e. The molecule has 20 heavy (non-hydrogen) atoms. The summed E-state index contributed by atoms with van der Waals surface area (Å²) in [5.41, 5.74) is 7.60. The van der Waals surface area contributed by atoms with E-state index in [-0.39, 0.29) is 5.82 Å². The van der Waals surface area contributed by atoms with Gasteiger partial charge in [0, 0.05) is 5.54 Å². The lowest BCUT2D eigenvalue weighted by Crippen LogP contribution is -2.38. The molecule has 2 aromatic rings. The molecule has 0 aliphatic heterocycles.